The Morgan fingerprint density at radius 2 is 1.78 bits per heavy atom. The minimum Gasteiger partial charge on any atom is -0.382 e. The molecule has 2 atom stereocenters. The van der Waals surface area contributed by atoms with Crippen molar-refractivity contribution in [2.45, 2.75) is 31.8 Å². The van der Waals surface area contributed by atoms with Gasteiger partial charge < -0.3 is 16.4 Å². The summed E-state index contributed by atoms with van der Waals surface area (Å²) >= 11 is 0. The molecule has 5 aromatic rings. The first kappa shape index (κ1) is 25.5. The van der Waals surface area contributed by atoms with Crippen LogP contribution in [0.4, 0.5) is 17.6 Å². The molecular weight excluding hydrogens is 514 g/mol. The van der Waals surface area contributed by atoms with Crippen LogP contribution in [0.1, 0.15) is 48.3 Å². The lowest BCUT2D eigenvalue weighted by molar-refractivity contribution is 0.615. The predicted molar refractivity (Wildman–Crippen MR) is 157 cm³/mol. The van der Waals surface area contributed by atoms with Crippen molar-refractivity contribution in [3.63, 3.8) is 0 Å². The number of benzene rings is 2. The fourth-order valence-electron chi connectivity index (χ4n) is 5.35. The molecule has 0 unspecified atom stereocenters. The Bertz CT molecular complexity index is 1940. The highest BCUT2D eigenvalue weighted by atomic mass is 16.1. The van der Waals surface area contributed by atoms with Crippen LogP contribution >= 0.6 is 0 Å². The van der Waals surface area contributed by atoms with E-state index in [4.69, 9.17) is 16.5 Å². The van der Waals surface area contributed by atoms with E-state index in [9.17, 15) is 10.1 Å². The van der Waals surface area contributed by atoms with Gasteiger partial charge in [-0.1, -0.05) is 36.1 Å². The van der Waals surface area contributed by atoms with Gasteiger partial charge in [0.05, 0.1) is 22.6 Å². The lowest BCUT2D eigenvalue weighted by Gasteiger charge is -2.31. The molecule has 200 valence electrons. The van der Waals surface area contributed by atoms with Crippen LogP contribution in [-0.2, 0) is 0 Å². The number of anilines is 3. The number of pyridine rings is 1. The number of nitrogen functional groups attached to an aromatic ring is 2. The maximum atomic E-state index is 14.4. The number of fused-ring (bicyclic) bond motifs is 1. The third kappa shape index (κ3) is 4.58. The SMILES string of the molecule is C[C@H]1CC[C@@H](c2nc3cccc(C#Cc4cccnc4)c3c(=O)n2-c2ccccc2)N1c1nc(N)nc(N)c1C#N. The normalized spacial score (nSPS) is 16.2. The van der Waals surface area contributed by atoms with Crippen LogP contribution in [0, 0.1) is 23.2 Å². The number of nitriles is 1. The number of nitrogens with zero attached hydrogens (tertiary/aromatic N) is 7. The lowest BCUT2D eigenvalue weighted by Crippen LogP contribution is -2.36. The lowest BCUT2D eigenvalue weighted by atomic mass is 10.1. The smallest absolute Gasteiger partial charge is 0.267 e. The van der Waals surface area contributed by atoms with Crippen molar-refractivity contribution in [1.82, 2.24) is 24.5 Å². The minimum absolute atomic E-state index is 0.0107. The summed E-state index contributed by atoms with van der Waals surface area (Å²) < 4.78 is 1.63. The van der Waals surface area contributed by atoms with Gasteiger partial charge in [0.1, 0.15) is 23.3 Å². The maximum absolute atomic E-state index is 14.4. The minimum atomic E-state index is -0.395. The molecule has 6 rings (SSSR count). The zero-order valence-corrected chi connectivity index (χ0v) is 22.2. The zero-order chi connectivity index (χ0) is 28.5. The first-order valence-corrected chi connectivity index (χ1v) is 13.1. The molecule has 1 saturated heterocycles. The number of rotatable bonds is 3. The average Bonchev–Trinajstić information content (AvgIpc) is 3.37. The predicted octanol–water partition coefficient (Wildman–Crippen LogP) is 3.74. The molecule has 10 heteroatoms. The summed E-state index contributed by atoms with van der Waals surface area (Å²) in [5, 5.41) is 10.3. The van der Waals surface area contributed by atoms with Crippen LogP contribution in [0.25, 0.3) is 16.6 Å². The molecule has 4 N–H and O–H groups in total. The van der Waals surface area contributed by atoms with Crippen molar-refractivity contribution >= 4 is 28.5 Å². The molecule has 1 fully saturated rings. The fraction of sp³-hybridized carbons (Fsp3) is 0.161. The summed E-state index contributed by atoms with van der Waals surface area (Å²) in [6, 6.07) is 20.2. The van der Waals surface area contributed by atoms with Crippen LogP contribution in [0.5, 0.6) is 0 Å². The summed E-state index contributed by atoms with van der Waals surface area (Å²) in [4.78, 5) is 34.0. The Hall–Kier alpha value is -5.74. The molecule has 4 heterocycles. The summed E-state index contributed by atoms with van der Waals surface area (Å²) in [6.07, 6.45) is 4.80. The number of aromatic nitrogens is 5. The van der Waals surface area contributed by atoms with Gasteiger partial charge in [-0.25, -0.2) is 4.98 Å². The Morgan fingerprint density at radius 1 is 0.951 bits per heavy atom. The zero-order valence-electron chi connectivity index (χ0n) is 22.2. The molecule has 1 aliphatic rings. The van der Waals surface area contributed by atoms with Gasteiger partial charge in [-0.15, -0.1) is 0 Å². The van der Waals surface area contributed by atoms with E-state index >= 15 is 0 Å². The molecule has 0 aliphatic carbocycles. The molecule has 0 bridgehead atoms. The first-order chi connectivity index (χ1) is 20.0. The molecule has 3 aromatic heterocycles. The van der Waals surface area contributed by atoms with Crippen molar-refractivity contribution < 1.29 is 0 Å². The molecule has 0 saturated carbocycles. The Balaban J connectivity index is 1.60. The van der Waals surface area contributed by atoms with E-state index in [0.29, 0.717) is 40.2 Å². The number of hydrogen-bond acceptors (Lipinski definition) is 9. The van der Waals surface area contributed by atoms with E-state index in [1.54, 1.807) is 17.0 Å². The molecule has 10 nitrogen and oxygen atoms in total. The van der Waals surface area contributed by atoms with E-state index in [0.717, 1.165) is 12.0 Å². The summed E-state index contributed by atoms with van der Waals surface area (Å²) in [7, 11) is 0. The molecule has 41 heavy (non-hydrogen) atoms. The molecular formula is C31H25N9O. The van der Waals surface area contributed by atoms with Crippen LogP contribution in [0.3, 0.4) is 0 Å². The Labute approximate surface area is 235 Å². The topological polar surface area (TPSA) is 153 Å². The average molecular weight is 540 g/mol. The van der Waals surface area contributed by atoms with Crippen molar-refractivity contribution in [3.8, 4) is 23.6 Å². The third-order valence-electron chi connectivity index (χ3n) is 7.20. The number of para-hydroxylation sites is 1. The highest BCUT2D eigenvalue weighted by Crippen LogP contribution is 2.41. The quantitative estimate of drug-likeness (QED) is 0.327. The number of nitrogens with two attached hydrogens (primary N) is 2. The standard InChI is InChI=1S/C31H25N9O/c1-19-12-15-25(39(19)28-23(17-32)27(33)37-31(34)38-28)29-36-24-11-5-8-21(14-13-20-7-6-16-35-18-20)26(24)30(41)40(29)22-9-3-2-4-10-22/h2-11,16,18-19,25H,12,15H2,1H3,(H4,33,34,37,38)/t19-,25-/m0/s1. The van der Waals surface area contributed by atoms with Crippen molar-refractivity contribution in [2.75, 3.05) is 16.4 Å². The van der Waals surface area contributed by atoms with Gasteiger partial charge in [0.25, 0.3) is 5.56 Å². The van der Waals surface area contributed by atoms with Crippen molar-refractivity contribution in [1.29, 1.82) is 5.26 Å². The van der Waals surface area contributed by atoms with Crippen LogP contribution in [-0.4, -0.2) is 30.5 Å². The second kappa shape index (κ2) is 10.4. The van der Waals surface area contributed by atoms with Crippen molar-refractivity contribution in [3.05, 3.63) is 106 Å². The fourth-order valence-corrected chi connectivity index (χ4v) is 5.35. The van der Waals surface area contributed by atoms with Crippen LogP contribution in [0.15, 0.2) is 77.9 Å². The van der Waals surface area contributed by atoms with E-state index in [-0.39, 0.29) is 28.9 Å². The molecule has 0 radical (unpaired) electrons. The van der Waals surface area contributed by atoms with Crippen LogP contribution in [0.2, 0.25) is 0 Å². The van der Waals surface area contributed by atoms with Gasteiger partial charge in [-0.05, 0) is 56.2 Å². The maximum Gasteiger partial charge on any atom is 0.267 e. The third-order valence-corrected chi connectivity index (χ3v) is 7.20. The summed E-state index contributed by atoms with van der Waals surface area (Å²) in [5.74, 6) is 7.08. The highest BCUT2D eigenvalue weighted by Gasteiger charge is 2.38. The molecule has 0 amide bonds. The van der Waals surface area contributed by atoms with Gasteiger partial charge in [-0.3, -0.25) is 14.3 Å². The molecule has 0 spiro atoms. The van der Waals surface area contributed by atoms with E-state index in [1.807, 2.05) is 72.5 Å². The highest BCUT2D eigenvalue weighted by molar-refractivity contribution is 5.85. The van der Waals surface area contributed by atoms with Gasteiger partial charge in [0.15, 0.2) is 5.82 Å². The Kier molecular flexibility index (Phi) is 6.50. The monoisotopic (exact) mass is 539 g/mol. The second-order valence-electron chi connectivity index (χ2n) is 9.76. The second-order valence-corrected chi connectivity index (χ2v) is 9.76. The van der Waals surface area contributed by atoms with E-state index in [1.165, 1.54) is 0 Å². The van der Waals surface area contributed by atoms with Crippen molar-refractivity contribution in [2.24, 2.45) is 0 Å². The van der Waals surface area contributed by atoms with Crippen LogP contribution < -0.4 is 21.9 Å². The Morgan fingerprint density at radius 3 is 2.54 bits per heavy atom. The van der Waals surface area contributed by atoms with E-state index < -0.39 is 6.04 Å². The van der Waals surface area contributed by atoms with Gasteiger partial charge in [0.2, 0.25) is 5.95 Å². The van der Waals surface area contributed by atoms with Gasteiger partial charge in [-0.2, -0.15) is 15.2 Å². The van der Waals surface area contributed by atoms with Gasteiger partial charge in [0, 0.05) is 29.6 Å². The molecule has 2 aromatic carbocycles. The van der Waals surface area contributed by atoms with E-state index in [2.05, 4.69) is 32.9 Å². The summed E-state index contributed by atoms with van der Waals surface area (Å²) in [6.45, 7) is 2.04. The largest absolute Gasteiger partial charge is 0.382 e. The first-order valence-electron chi connectivity index (χ1n) is 13.1. The molecule has 1 aliphatic heterocycles. The van der Waals surface area contributed by atoms with Gasteiger partial charge >= 0.3 is 0 Å². The summed E-state index contributed by atoms with van der Waals surface area (Å²) in [5.41, 5.74) is 14.4. The number of hydrogen-bond donors (Lipinski definition) is 2.